The molecule has 0 fully saturated rings. The Balaban J connectivity index is 2.19. The normalized spacial score (nSPS) is 13.9. The number of halogens is 1. The smallest absolute Gasteiger partial charge is 0.160 e. The highest BCUT2D eigenvalue weighted by molar-refractivity contribution is 14.1. The van der Waals surface area contributed by atoms with Crippen LogP contribution in [0.5, 0.6) is 0 Å². The number of rotatable bonds is 0. The summed E-state index contributed by atoms with van der Waals surface area (Å²) in [6.07, 6.45) is 4.30. The number of Topliss-reactive ketones (excluding diaryl/α,β-unsaturated/α-hetero) is 1. The second-order valence-corrected chi connectivity index (χ2v) is 6.40. The average Bonchev–Trinajstić information content (AvgIpc) is 2.44. The van der Waals surface area contributed by atoms with E-state index in [0.29, 0.717) is 6.42 Å². The topological polar surface area (TPSA) is 17.1 Å². The lowest BCUT2D eigenvalue weighted by atomic mass is 9.98. The first-order chi connectivity index (χ1) is 9.70. The summed E-state index contributed by atoms with van der Waals surface area (Å²) in [6, 6.07) is 15.2. The predicted octanol–water partition coefficient (Wildman–Crippen LogP) is 3.13. The first-order valence-electron chi connectivity index (χ1n) is 6.57. The van der Waals surface area contributed by atoms with Crippen LogP contribution in [0.2, 0.25) is 0 Å². The average molecular weight is 370 g/mol. The lowest BCUT2D eigenvalue weighted by Gasteiger charge is -2.07. The van der Waals surface area contributed by atoms with E-state index in [0.717, 1.165) is 5.22 Å². The molecule has 0 N–H and O–H groups in total. The second-order valence-electron chi connectivity index (χ2n) is 5.15. The van der Waals surface area contributed by atoms with E-state index in [-0.39, 0.29) is 5.78 Å². The number of carbonyl (C=O) groups is 1. The van der Waals surface area contributed by atoms with E-state index in [1.165, 1.54) is 30.3 Å². The molecule has 0 aliphatic heterocycles. The van der Waals surface area contributed by atoms with Crippen LogP contribution in [-0.2, 0) is 4.79 Å². The molecule has 0 amide bonds. The van der Waals surface area contributed by atoms with Gasteiger partial charge in [0.2, 0.25) is 0 Å². The summed E-state index contributed by atoms with van der Waals surface area (Å²) in [6.45, 7) is 0. The van der Waals surface area contributed by atoms with Gasteiger partial charge < -0.3 is 0 Å². The molecule has 4 rings (SSSR count). The van der Waals surface area contributed by atoms with Gasteiger partial charge in [-0.2, -0.15) is 0 Å². The lowest BCUT2D eigenvalue weighted by Crippen LogP contribution is -2.28. The minimum Gasteiger partial charge on any atom is -0.294 e. The molecule has 1 nitrogen and oxygen atoms in total. The zero-order chi connectivity index (χ0) is 13.7. The molecule has 20 heavy (non-hydrogen) atoms. The van der Waals surface area contributed by atoms with Crippen LogP contribution in [0.15, 0.2) is 42.5 Å². The fourth-order valence-corrected chi connectivity index (χ4v) is 3.38. The Bertz CT molecular complexity index is 999. The third kappa shape index (κ3) is 1.86. The van der Waals surface area contributed by atoms with Gasteiger partial charge in [0.15, 0.2) is 5.78 Å². The van der Waals surface area contributed by atoms with E-state index in [1.807, 2.05) is 6.08 Å². The molecule has 1 aliphatic carbocycles. The Kier molecular flexibility index (Phi) is 2.67. The van der Waals surface area contributed by atoms with Crippen molar-refractivity contribution in [1.82, 2.24) is 0 Å². The Morgan fingerprint density at radius 2 is 1.65 bits per heavy atom. The molecule has 0 spiro atoms. The van der Waals surface area contributed by atoms with Crippen molar-refractivity contribution >= 4 is 62.1 Å². The van der Waals surface area contributed by atoms with Crippen LogP contribution in [0.1, 0.15) is 6.42 Å². The van der Waals surface area contributed by atoms with Crippen molar-refractivity contribution in [2.75, 3.05) is 0 Å². The molecule has 1 aliphatic rings. The summed E-state index contributed by atoms with van der Waals surface area (Å²) < 4.78 is 1.25. The Hall–Kier alpha value is -1.68. The molecule has 0 saturated heterocycles. The summed E-state index contributed by atoms with van der Waals surface area (Å²) in [4.78, 5) is 11.5. The molecule has 0 saturated carbocycles. The Morgan fingerprint density at radius 3 is 2.50 bits per heavy atom. The van der Waals surface area contributed by atoms with Gasteiger partial charge in [0.25, 0.3) is 0 Å². The minimum absolute atomic E-state index is 0.187. The van der Waals surface area contributed by atoms with Crippen LogP contribution in [0.3, 0.4) is 0 Å². The van der Waals surface area contributed by atoms with Crippen LogP contribution in [0, 0.1) is 3.57 Å². The number of ketones is 1. The quantitative estimate of drug-likeness (QED) is 0.439. The van der Waals surface area contributed by atoms with Crippen LogP contribution >= 0.6 is 22.6 Å². The van der Waals surface area contributed by atoms with Gasteiger partial charge in [0.05, 0.1) is 0 Å². The van der Waals surface area contributed by atoms with E-state index in [4.69, 9.17) is 0 Å². The zero-order valence-corrected chi connectivity index (χ0v) is 12.8. The van der Waals surface area contributed by atoms with Crippen molar-refractivity contribution in [3.63, 3.8) is 0 Å². The molecule has 0 radical (unpaired) electrons. The van der Waals surface area contributed by atoms with Gasteiger partial charge in [-0.3, -0.25) is 4.79 Å². The summed E-state index contributed by atoms with van der Waals surface area (Å²) in [7, 11) is 0. The van der Waals surface area contributed by atoms with Crippen molar-refractivity contribution in [2.45, 2.75) is 6.42 Å². The first-order valence-corrected chi connectivity index (χ1v) is 7.65. The highest BCUT2D eigenvalue weighted by Gasteiger charge is 2.05. The molecule has 96 valence electrons. The Morgan fingerprint density at radius 1 is 0.850 bits per heavy atom. The number of benzene rings is 3. The number of carbonyl (C=O) groups excluding carboxylic acids is 1. The number of hydrogen-bond donors (Lipinski definition) is 0. The van der Waals surface area contributed by atoms with Crippen LogP contribution < -0.4 is 10.4 Å². The molecule has 0 aromatic heterocycles. The fraction of sp³-hybridized carbons (Fsp3) is 0.0556. The number of hydrogen-bond acceptors (Lipinski definition) is 1. The summed E-state index contributed by atoms with van der Waals surface area (Å²) in [5.74, 6) is 0.187. The highest BCUT2D eigenvalue weighted by atomic mass is 127. The molecule has 0 atom stereocenters. The van der Waals surface area contributed by atoms with Gasteiger partial charge in [-0.15, -0.1) is 0 Å². The third-order valence-corrected chi connectivity index (χ3v) is 4.51. The van der Waals surface area contributed by atoms with Crippen LogP contribution in [-0.4, -0.2) is 5.78 Å². The fourth-order valence-electron chi connectivity index (χ4n) is 2.86. The first kappa shape index (κ1) is 12.1. The minimum atomic E-state index is 0.187. The van der Waals surface area contributed by atoms with Crippen molar-refractivity contribution < 1.29 is 4.79 Å². The summed E-state index contributed by atoms with van der Waals surface area (Å²) in [5.41, 5.74) is 0. The SMILES string of the molecule is O=C1C=c2cc3ccc4cc(I)ccc4c3cc2=CC1. The van der Waals surface area contributed by atoms with Gasteiger partial charge in [0.1, 0.15) is 0 Å². The molecule has 0 unspecified atom stereocenters. The summed E-state index contributed by atoms with van der Waals surface area (Å²) in [5, 5.41) is 7.20. The summed E-state index contributed by atoms with van der Waals surface area (Å²) >= 11 is 2.34. The highest BCUT2D eigenvalue weighted by Crippen LogP contribution is 2.25. The third-order valence-electron chi connectivity index (χ3n) is 3.84. The van der Waals surface area contributed by atoms with Crippen LogP contribution in [0.4, 0.5) is 0 Å². The van der Waals surface area contributed by atoms with Crippen molar-refractivity contribution in [1.29, 1.82) is 0 Å². The largest absolute Gasteiger partial charge is 0.294 e. The van der Waals surface area contributed by atoms with Gasteiger partial charge in [-0.1, -0.05) is 24.3 Å². The van der Waals surface area contributed by atoms with E-state index in [1.54, 1.807) is 6.08 Å². The van der Waals surface area contributed by atoms with E-state index in [2.05, 4.69) is 65.1 Å². The molecular formula is C18H11IO. The van der Waals surface area contributed by atoms with Gasteiger partial charge in [0, 0.05) is 9.99 Å². The Labute approximate surface area is 129 Å². The van der Waals surface area contributed by atoms with E-state index >= 15 is 0 Å². The molecule has 0 bridgehead atoms. The van der Waals surface area contributed by atoms with Gasteiger partial charge in [-0.25, -0.2) is 0 Å². The molecule has 3 aromatic carbocycles. The monoisotopic (exact) mass is 370 g/mol. The van der Waals surface area contributed by atoms with Gasteiger partial charge >= 0.3 is 0 Å². The molecule has 0 heterocycles. The van der Waals surface area contributed by atoms with Crippen LogP contribution in [0.25, 0.3) is 33.7 Å². The maximum Gasteiger partial charge on any atom is 0.160 e. The predicted molar refractivity (Wildman–Crippen MR) is 92.0 cm³/mol. The number of fused-ring (bicyclic) bond motifs is 4. The second kappa shape index (κ2) is 4.42. The molecule has 2 heteroatoms. The van der Waals surface area contributed by atoms with Crippen molar-refractivity contribution in [3.05, 3.63) is 56.5 Å². The van der Waals surface area contributed by atoms with Crippen molar-refractivity contribution in [2.24, 2.45) is 0 Å². The molecule has 3 aromatic rings. The van der Waals surface area contributed by atoms with E-state index in [9.17, 15) is 4.79 Å². The molecular weight excluding hydrogens is 359 g/mol. The standard InChI is InChI=1S/C18H11IO/c19-15-4-6-17-13(8-15)2-1-12-7-14-9-16(20)5-3-11(14)10-18(12)17/h1-4,6-10H,5H2. The zero-order valence-electron chi connectivity index (χ0n) is 10.7. The maximum atomic E-state index is 11.5. The maximum absolute atomic E-state index is 11.5. The lowest BCUT2D eigenvalue weighted by molar-refractivity contribution is -0.112. The van der Waals surface area contributed by atoms with Crippen molar-refractivity contribution in [3.8, 4) is 0 Å². The van der Waals surface area contributed by atoms with Gasteiger partial charge in [-0.05, 0) is 84.9 Å². The van der Waals surface area contributed by atoms with E-state index < -0.39 is 0 Å².